The van der Waals surface area contributed by atoms with Crippen molar-refractivity contribution in [3.63, 3.8) is 0 Å². The van der Waals surface area contributed by atoms with E-state index in [0.717, 1.165) is 16.0 Å². The molecule has 2 amide bonds. The van der Waals surface area contributed by atoms with E-state index in [1.165, 1.54) is 6.20 Å². The van der Waals surface area contributed by atoms with E-state index < -0.39 is 0 Å². The Hall–Kier alpha value is -2.69. The molecule has 20 heavy (non-hydrogen) atoms. The molecule has 0 spiro atoms. The molecule has 5 nitrogen and oxygen atoms in total. The molecule has 1 aliphatic heterocycles. The zero-order chi connectivity index (χ0) is 14.4. The highest BCUT2D eigenvalue weighted by molar-refractivity contribution is 6.35. The molecule has 2 N–H and O–H groups in total. The second kappa shape index (κ2) is 4.16. The maximum Gasteiger partial charge on any atom is 0.266 e. The SMILES string of the molecule is Cc1ccc(C)c2c1C(=O)N(c1ccc(N)nc1)C2=O. The minimum atomic E-state index is -0.308. The first kappa shape index (κ1) is 12.3. The molecule has 2 heterocycles. The number of fused-ring (bicyclic) bond motifs is 1. The molecule has 2 aromatic rings. The number of nitrogen functional groups attached to an aromatic ring is 1. The molecule has 0 radical (unpaired) electrons. The van der Waals surface area contributed by atoms with Crippen LogP contribution in [0.4, 0.5) is 11.5 Å². The minimum absolute atomic E-state index is 0.308. The Morgan fingerprint density at radius 1 is 0.950 bits per heavy atom. The molecule has 1 aromatic heterocycles. The van der Waals surface area contributed by atoms with Crippen LogP contribution in [0.5, 0.6) is 0 Å². The van der Waals surface area contributed by atoms with Gasteiger partial charge in [-0.2, -0.15) is 0 Å². The summed E-state index contributed by atoms with van der Waals surface area (Å²) in [6, 6.07) is 6.89. The molecular weight excluding hydrogens is 254 g/mol. The van der Waals surface area contributed by atoms with Crippen molar-refractivity contribution in [3.05, 3.63) is 52.7 Å². The number of pyridine rings is 1. The van der Waals surface area contributed by atoms with E-state index in [2.05, 4.69) is 4.98 Å². The third-order valence-corrected chi connectivity index (χ3v) is 3.48. The number of aromatic nitrogens is 1. The number of anilines is 2. The molecule has 0 fully saturated rings. The van der Waals surface area contributed by atoms with Gasteiger partial charge in [-0.15, -0.1) is 0 Å². The Balaban J connectivity index is 2.17. The van der Waals surface area contributed by atoms with Crippen molar-refractivity contribution in [3.8, 4) is 0 Å². The van der Waals surface area contributed by atoms with Crippen molar-refractivity contribution in [1.29, 1.82) is 0 Å². The number of carbonyl (C=O) groups is 2. The van der Waals surface area contributed by atoms with Gasteiger partial charge in [-0.1, -0.05) is 12.1 Å². The number of aryl methyl sites for hydroxylation is 2. The number of amides is 2. The minimum Gasteiger partial charge on any atom is -0.384 e. The van der Waals surface area contributed by atoms with E-state index in [0.29, 0.717) is 22.6 Å². The highest BCUT2D eigenvalue weighted by Gasteiger charge is 2.38. The number of rotatable bonds is 1. The van der Waals surface area contributed by atoms with Crippen LogP contribution in [0.15, 0.2) is 30.5 Å². The fraction of sp³-hybridized carbons (Fsp3) is 0.133. The molecule has 0 saturated heterocycles. The molecule has 0 saturated carbocycles. The standard InChI is InChI=1S/C15H13N3O2/c1-8-3-4-9(2)13-12(8)14(19)18(15(13)20)10-5-6-11(16)17-7-10/h3-7H,1-2H3,(H2,16,17). The van der Waals surface area contributed by atoms with Crippen molar-refractivity contribution >= 4 is 23.3 Å². The van der Waals surface area contributed by atoms with Gasteiger partial charge in [0.15, 0.2) is 0 Å². The largest absolute Gasteiger partial charge is 0.384 e. The van der Waals surface area contributed by atoms with Crippen molar-refractivity contribution in [2.24, 2.45) is 0 Å². The van der Waals surface area contributed by atoms with Crippen LogP contribution in [0.3, 0.4) is 0 Å². The van der Waals surface area contributed by atoms with Crippen molar-refractivity contribution in [1.82, 2.24) is 4.98 Å². The zero-order valence-corrected chi connectivity index (χ0v) is 11.2. The first-order chi connectivity index (χ1) is 9.50. The summed E-state index contributed by atoms with van der Waals surface area (Å²) < 4.78 is 0. The summed E-state index contributed by atoms with van der Waals surface area (Å²) in [7, 11) is 0. The summed E-state index contributed by atoms with van der Waals surface area (Å²) in [4.78, 5) is 30.1. The number of hydrogen-bond donors (Lipinski definition) is 1. The number of nitrogens with two attached hydrogens (primary N) is 1. The van der Waals surface area contributed by atoms with Gasteiger partial charge >= 0.3 is 0 Å². The zero-order valence-electron chi connectivity index (χ0n) is 11.2. The van der Waals surface area contributed by atoms with Gasteiger partial charge in [0.25, 0.3) is 11.8 Å². The van der Waals surface area contributed by atoms with E-state index in [1.54, 1.807) is 12.1 Å². The van der Waals surface area contributed by atoms with Gasteiger partial charge in [0, 0.05) is 0 Å². The molecule has 0 atom stereocenters. The van der Waals surface area contributed by atoms with Gasteiger partial charge in [-0.25, -0.2) is 9.88 Å². The van der Waals surface area contributed by atoms with E-state index in [4.69, 9.17) is 5.73 Å². The summed E-state index contributed by atoms with van der Waals surface area (Å²) >= 11 is 0. The molecule has 3 rings (SSSR count). The predicted octanol–water partition coefficient (Wildman–Crippen LogP) is 2.08. The van der Waals surface area contributed by atoms with Crippen LogP contribution in [0, 0.1) is 13.8 Å². The topological polar surface area (TPSA) is 76.3 Å². The first-order valence-electron chi connectivity index (χ1n) is 6.21. The average molecular weight is 267 g/mol. The summed E-state index contributed by atoms with van der Waals surface area (Å²) in [5, 5.41) is 0. The smallest absolute Gasteiger partial charge is 0.266 e. The highest BCUT2D eigenvalue weighted by Crippen LogP contribution is 2.32. The summed E-state index contributed by atoms with van der Waals surface area (Å²) in [5.74, 6) is -0.270. The molecular formula is C15H13N3O2. The Kier molecular flexibility index (Phi) is 2.57. The molecule has 0 aliphatic carbocycles. The van der Waals surface area contributed by atoms with E-state index in [1.807, 2.05) is 26.0 Å². The summed E-state index contributed by atoms with van der Waals surface area (Å²) in [6.07, 6.45) is 1.43. The molecule has 1 aromatic carbocycles. The lowest BCUT2D eigenvalue weighted by atomic mass is 9.99. The molecule has 1 aliphatic rings. The fourth-order valence-electron chi connectivity index (χ4n) is 2.44. The van der Waals surface area contributed by atoms with Crippen LogP contribution in [-0.2, 0) is 0 Å². The second-order valence-corrected chi connectivity index (χ2v) is 4.84. The van der Waals surface area contributed by atoms with Gasteiger partial charge in [-0.05, 0) is 37.1 Å². The molecule has 5 heteroatoms. The van der Waals surface area contributed by atoms with Crippen molar-refractivity contribution in [2.45, 2.75) is 13.8 Å². The molecule has 100 valence electrons. The lowest BCUT2D eigenvalue weighted by molar-refractivity contribution is 0.0926. The van der Waals surface area contributed by atoms with E-state index >= 15 is 0 Å². The number of benzene rings is 1. The van der Waals surface area contributed by atoms with Crippen LogP contribution >= 0.6 is 0 Å². The van der Waals surface area contributed by atoms with Crippen LogP contribution in [0.25, 0.3) is 0 Å². The first-order valence-corrected chi connectivity index (χ1v) is 6.21. The van der Waals surface area contributed by atoms with Gasteiger partial charge < -0.3 is 5.73 Å². The lowest BCUT2D eigenvalue weighted by Crippen LogP contribution is -2.29. The van der Waals surface area contributed by atoms with Crippen LogP contribution < -0.4 is 10.6 Å². The summed E-state index contributed by atoms with van der Waals surface area (Å²) in [6.45, 7) is 3.66. The number of nitrogens with zero attached hydrogens (tertiary/aromatic N) is 2. The van der Waals surface area contributed by atoms with Gasteiger partial charge in [0.05, 0.1) is 23.0 Å². The Morgan fingerprint density at radius 3 is 1.95 bits per heavy atom. The number of carbonyl (C=O) groups excluding carboxylic acids is 2. The Bertz CT molecular complexity index is 695. The van der Waals surface area contributed by atoms with E-state index in [-0.39, 0.29) is 11.8 Å². The molecule has 0 unspecified atom stereocenters. The Labute approximate surface area is 116 Å². The Morgan fingerprint density at radius 2 is 1.50 bits per heavy atom. The van der Waals surface area contributed by atoms with E-state index in [9.17, 15) is 9.59 Å². The maximum atomic E-state index is 12.5. The third-order valence-electron chi connectivity index (χ3n) is 3.48. The number of hydrogen-bond acceptors (Lipinski definition) is 4. The molecule has 0 bridgehead atoms. The monoisotopic (exact) mass is 267 g/mol. The summed E-state index contributed by atoms with van der Waals surface area (Å²) in [5.41, 5.74) is 8.52. The van der Waals surface area contributed by atoms with Gasteiger partial charge in [-0.3, -0.25) is 9.59 Å². The normalized spacial score (nSPS) is 13.8. The average Bonchev–Trinajstić information content (AvgIpc) is 2.69. The van der Waals surface area contributed by atoms with Crippen LogP contribution in [0.2, 0.25) is 0 Å². The van der Waals surface area contributed by atoms with Gasteiger partial charge in [0.1, 0.15) is 5.82 Å². The van der Waals surface area contributed by atoms with Crippen LogP contribution in [0.1, 0.15) is 31.8 Å². The van der Waals surface area contributed by atoms with Crippen LogP contribution in [-0.4, -0.2) is 16.8 Å². The predicted molar refractivity (Wildman–Crippen MR) is 75.7 cm³/mol. The fourth-order valence-corrected chi connectivity index (χ4v) is 2.44. The maximum absolute atomic E-state index is 12.5. The quantitative estimate of drug-likeness (QED) is 0.802. The van der Waals surface area contributed by atoms with Gasteiger partial charge in [0.2, 0.25) is 0 Å². The lowest BCUT2D eigenvalue weighted by Gasteiger charge is -2.13. The van der Waals surface area contributed by atoms with Crippen molar-refractivity contribution < 1.29 is 9.59 Å². The number of imide groups is 1. The third kappa shape index (κ3) is 1.60. The van der Waals surface area contributed by atoms with Crippen molar-refractivity contribution in [2.75, 3.05) is 10.6 Å². The second-order valence-electron chi connectivity index (χ2n) is 4.84. The highest BCUT2D eigenvalue weighted by atomic mass is 16.2.